The largest absolute Gasteiger partial charge is 0.498 e. The maximum absolute atomic E-state index is 12.5. The fourth-order valence-corrected chi connectivity index (χ4v) is 3.85. The molecule has 1 amide bonds. The van der Waals surface area contributed by atoms with Crippen molar-refractivity contribution in [2.45, 2.75) is 103 Å². The third-order valence-corrected chi connectivity index (χ3v) is 6.34. The van der Waals surface area contributed by atoms with E-state index in [9.17, 15) is 4.79 Å². The molecule has 0 spiro atoms. The summed E-state index contributed by atoms with van der Waals surface area (Å²) >= 11 is 0. The number of aromatic nitrogens is 2. The molecule has 9 heteroatoms. The van der Waals surface area contributed by atoms with Gasteiger partial charge in [0.1, 0.15) is 5.60 Å². The average Bonchev–Trinajstić information content (AvgIpc) is 2.92. The third kappa shape index (κ3) is 6.13. The van der Waals surface area contributed by atoms with Crippen LogP contribution in [0.2, 0.25) is 0 Å². The van der Waals surface area contributed by atoms with Crippen molar-refractivity contribution in [3.8, 4) is 6.01 Å². The van der Waals surface area contributed by atoms with Crippen LogP contribution in [0, 0.1) is 0 Å². The first-order chi connectivity index (χ1) is 14.9. The number of ether oxygens (including phenoxy) is 2. The quantitative estimate of drug-likeness (QED) is 0.486. The first-order valence-electron chi connectivity index (χ1n) is 11.7. The molecule has 0 aromatic carbocycles. The van der Waals surface area contributed by atoms with Gasteiger partial charge in [-0.25, -0.2) is 14.8 Å². The molecule has 1 atom stereocenters. The van der Waals surface area contributed by atoms with Gasteiger partial charge in [0.05, 0.1) is 17.8 Å². The van der Waals surface area contributed by atoms with Gasteiger partial charge in [-0.05, 0) is 80.6 Å². The van der Waals surface area contributed by atoms with Crippen molar-refractivity contribution in [3.63, 3.8) is 0 Å². The van der Waals surface area contributed by atoms with Crippen LogP contribution in [0.4, 0.5) is 4.79 Å². The lowest BCUT2D eigenvalue weighted by molar-refractivity contribution is 0.00578. The highest BCUT2D eigenvalue weighted by molar-refractivity contribution is 6.61. The first kappa shape index (κ1) is 24.8. The SMILES string of the molecule is CC(C)(C)OC(=O)N1CCCC[C@H]1CCCOc1ncc(B2OC(C)(C)C(C)(C)O2)cn1. The van der Waals surface area contributed by atoms with Crippen LogP contribution >= 0.6 is 0 Å². The summed E-state index contributed by atoms with van der Waals surface area (Å²) in [4.78, 5) is 23.0. The second-order valence-corrected chi connectivity index (χ2v) is 10.7. The Bertz CT molecular complexity index is 763. The monoisotopic (exact) mass is 447 g/mol. The molecule has 32 heavy (non-hydrogen) atoms. The summed E-state index contributed by atoms with van der Waals surface area (Å²) < 4.78 is 23.4. The molecule has 2 aliphatic heterocycles. The topological polar surface area (TPSA) is 83.0 Å². The Morgan fingerprint density at radius 2 is 1.78 bits per heavy atom. The molecular formula is C23H38BN3O5. The molecule has 178 valence electrons. The lowest BCUT2D eigenvalue weighted by Crippen LogP contribution is -2.46. The zero-order valence-electron chi connectivity index (χ0n) is 20.6. The molecule has 3 rings (SSSR count). The highest BCUT2D eigenvalue weighted by Crippen LogP contribution is 2.36. The Labute approximate surface area is 192 Å². The number of hydrogen-bond acceptors (Lipinski definition) is 7. The van der Waals surface area contributed by atoms with Gasteiger partial charge in [-0.1, -0.05) is 0 Å². The van der Waals surface area contributed by atoms with Crippen molar-refractivity contribution >= 4 is 18.7 Å². The maximum atomic E-state index is 12.5. The molecular weight excluding hydrogens is 409 g/mol. The van der Waals surface area contributed by atoms with Gasteiger partial charge in [0, 0.05) is 30.4 Å². The minimum Gasteiger partial charge on any atom is -0.463 e. The van der Waals surface area contributed by atoms with Gasteiger partial charge in [0.2, 0.25) is 0 Å². The smallest absolute Gasteiger partial charge is 0.463 e. The van der Waals surface area contributed by atoms with Crippen LogP contribution in [0.5, 0.6) is 6.01 Å². The van der Waals surface area contributed by atoms with Crippen molar-refractivity contribution in [3.05, 3.63) is 12.4 Å². The second kappa shape index (κ2) is 9.55. The Morgan fingerprint density at radius 3 is 2.38 bits per heavy atom. The lowest BCUT2D eigenvalue weighted by Gasteiger charge is -2.36. The summed E-state index contributed by atoms with van der Waals surface area (Å²) in [5.41, 5.74) is -0.518. The number of piperidine rings is 1. The molecule has 2 saturated heterocycles. The van der Waals surface area contributed by atoms with E-state index in [1.54, 1.807) is 12.4 Å². The third-order valence-electron chi connectivity index (χ3n) is 6.34. The number of carbonyl (C=O) groups is 1. The van der Waals surface area contributed by atoms with Gasteiger partial charge >= 0.3 is 19.2 Å². The molecule has 0 bridgehead atoms. The fraction of sp³-hybridized carbons (Fsp3) is 0.783. The summed E-state index contributed by atoms with van der Waals surface area (Å²) in [6, 6.07) is 0.520. The summed E-state index contributed by atoms with van der Waals surface area (Å²) in [6.45, 7) is 15.0. The van der Waals surface area contributed by atoms with E-state index in [1.165, 1.54) is 0 Å². The number of hydrogen-bond donors (Lipinski definition) is 0. The summed E-state index contributed by atoms with van der Waals surface area (Å²) in [7, 11) is -0.487. The second-order valence-electron chi connectivity index (χ2n) is 10.7. The number of likely N-dealkylation sites (tertiary alicyclic amines) is 1. The van der Waals surface area contributed by atoms with E-state index in [2.05, 4.69) is 9.97 Å². The minimum absolute atomic E-state index is 0.189. The van der Waals surface area contributed by atoms with Gasteiger partial charge in [-0.15, -0.1) is 0 Å². The van der Waals surface area contributed by atoms with Crippen LogP contribution in [0.25, 0.3) is 0 Å². The zero-order valence-corrected chi connectivity index (χ0v) is 20.6. The molecule has 0 radical (unpaired) electrons. The van der Waals surface area contributed by atoms with E-state index < -0.39 is 23.9 Å². The fourth-order valence-electron chi connectivity index (χ4n) is 3.85. The molecule has 8 nitrogen and oxygen atoms in total. The van der Waals surface area contributed by atoms with E-state index >= 15 is 0 Å². The number of rotatable bonds is 6. The Morgan fingerprint density at radius 1 is 1.16 bits per heavy atom. The minimum atomic E-state index is -0.487. The normalized spacial score (nSPS) is 22.7. The van der Waals surface area contributed by atoms with Gasteiger partial charge in [-0.3, -0.25) is 0 Å². The summed E-state index contributed by atoms with van der Waals surface area (Å²) in [5, 5.41) is 0. The summed E-state index contributed by atoms with van der Waals surface area (Å²) in [5.74, 6) is 0. The molecule has 0 saturated carbocycles. The Kier molecular flexibility index (Phi) is 7.39. The molecule has 0 unspecified atom stereocenters. The predicted molar refractivity (Wildman–Crippen MR) is 123 cm³/mol. The highest BCUT2D eigenvalue weighted by Gasteiger charge is 2.52. The van der Waals surface area contributed by atoms with E-state index in [1.807, 2.05) is 53.4 Å². The number of nitrogens with zero attached hydrogens (tertiary/aromatic N) is 3. The molecule has 3 heterocycles. The number of carbonyl (C=O) groups excluding carboxylic acids is 1. The maximum Gasteiger partial charge on any atom is 0.498 e. The van der Waals surface area contributed by atoms with E-state index in [0.717, 1.165) is 44.1 Å². The predicted octanol–water partition coefficient (Wildman–Crippen LogP) is 3.72. The molecule has 1 aromatic rings. The van der Waals surface area contributed by atoms with Gasteiger partial charge < -0.3 is 23.7 Å². The Balaban J connectivity index is 1.46. The first-order valence-corrected chi connectivity index (χ1v) is 11.7. The van der Waals surface area contributed by atoms with Crippen molar-refractivity contribution in [2.24, 2.45) is 0 Å². The van der Waals surface area contributed by atoms with Crippen LogP contribution in [-0.4, -0.2) is 64.1 Å². The molecule has 0 N–H and O–H groups in total. The Hall–Kier alpha value is -1.87. The van der Waals surface area contributed by atoms with Gasteiger partial charge in [0.15, 0.2) is 0 Å². The standard InChI is InChI=1S/C23H38BN3O5/c1-21(2,3)30-20(28)27-13-9-8-11-18(27)12-10-14-29-19-25-15-17(16-26-19)24-31-22(4,5)23(6,7)32-24/h15-16,18H,8-14H2,1-7H3/t18-/m0/s1. The van der Waals surface area contributed by atoms with Crippen LogP contribution in [-0.2, 0) is 14.0 Å². The summed E-state index contributed by atoms with van der Waals surface area (Å²) in [6.07, 6.45) is 8.00. The van der Waals surface area contributed by atoms with Gasteiger partial charge in [-0.2, -0.15) is 0 Å². The van der Waals surface area contributed by atoms with Crippen molar-refractivity contribution in [1.82, 2.24) is 14.9 Å². The average molecular weight is 447 g/mol. The zero-order chi connectivity index (χ0) is 23.6. The van der Waals surface area contributed by atoms with Crippen molar-refractivity contribution < 1.29 is 23.6 Å². The highest BCUT2D eigenvalue weighted by atomic mass is 16.7. The molecule has 1 aromatic heterocycles. The lowest BCUT2D eigenvalue weighted by atomic mass is 9.81. The molecule has 0 aliphatic carbocycles. The van der Waals surface area contributed by atoms with E-state index in [-0.39, 0.29) is 12.1 Å². The molecule has 2 fully saturated rings. The van der Waals surface area contributed by atoms with Crippen molar-refractivity contribution in [1.29, 1.82) is 0 Å². The van der Waals surface area contributed by atoms with Crippen LogP contribution in [0.15, 0.2) is 12.4 Å². The number of amides is 1. The molecule has 2 aliphatic rings. The van der Waals surface area contributed by atoms with Crippen LogP contribution in [0.1, 0.15) is 80.6 Å². The van der Waals surface area contributed by atoms with Crippen molar-refractivity contribution in [2.75, 3.05) is 13.2 Å². The van der Waals surface area contributed by atoms with E-state index in [0.29, 0.717) is 12.6 Å². The van der Waals surface area contributed by atoms with Crippen LogP contribution < -0.4 is 10.2 Å². The van der Waals surface area contributed by atoms with Gasteiger partial charge in [0.25, 0.3) is 0 Å². The van der Waals surface area contributed by atoms with Crippen LogP contribution in [0.3, 0.4) is 0 Å². The van der Waals surface area contributed by atoms with E-state index in [4.69, 9.17) is 18.8 Å².